The number of ether oxygens (including phenoxy) is 4. The van der Waals surface area contributed by atoms with Crippen LogP contribution in [0.5, 0.6) is 11.5 Å². The first-order valence-corrected chi connectivity index (χ1v) is 18.2. The van der Waals surface area contributed by atoms with Crippen LogP contribution in [0.15, 0.2) is 103 Å². The monoisotopic (exact) mass is 732 g/mol. The molecule has 274 valence electrons. The number of carbonyl (C=O) groups is 4. The van der Waals surface area contributed by atoms with Gasteiger partial charge in [0.15, 0.2) is 0 Å². The van der Waals surface area contributed by atoms with E-state index in [9.17, 15) is 19.2 Å². The first kappa shape index (κ1) is 34.6. The smallest absolute Gasteiger partial charge is 0.265 e. The molecule has 7 aromatic rings. The van der Waals surface area contributed by atoms with Crippen molar-refractivity contribution < 1.29 is 38.1 Å². The van der Waals surface area contributed by atoms with Crippen LogP contribution >= 0.6 is 0 Å². The molecule has 0 saturated heterocycles. The summed E-state index contributed by atoms with van der Waals surface area (Å²) < 4.78 is 22.5. The second-order valence-electron chi connectivity index (χ2n) is 14.0. The molecule has 7 aromatic carbocycles. The van der Waals surface area contributed by atoms with Crippen molar-refractivity contribution in [1.82, 2.24) is 4.90 Å². The fraction of sp³-hybridized carbons (Fsp3) is 0.200. The van der Waals surface area contributed by atoms with Gasteiger partial charge in [-0.2, -0.15) is 0 Å². The molecule has 2 atom stereocenters. The Kier molecular flexibility index (Phi) is 8.53. The minimum atomic E-state index is -0.524. The van der Waals surface area contributed by atoms with Crippen molar-refractivity contribution in [3.05, 3.63) is 125 Å². The highest BCUT2D eigenvalue weighted by Crippen LogP contribution is 2.46. The maximum absolute atomic E-state index is 14.2. The molecule has 2 aliphatic rings. The van der Waals surface area contributed by atoms with Gasteiger partial charge in [-0.25, -0.2) is 4.90 Å². The predicted molar refractivity (Wildman–Crippen MR) is 210 cm³/mol. The van der Waals surface area contributed by atoms with Gasteiger partial charge in [-0.1, -0.05) is 42.5 Å². The zero-order valence-corrected chi connectivity index (χ0v) is 30.5. The van der Waals surface area contributed by atoms with Crippen LogP contribution in [0.1, 0.15) is 55.3 Å². The van der Waals surface area contributed by atoms with E-state index >= 15 is 0 Å². The van der Waals surface area contributed by atoms with Crippen molar-refractivity contribution in [2.45, 2.75) is 26.0 Å². The van der Waals surface area contributed by atoms with Crippen molar-refractivity contribution in [2.24, 2.45) is 0 Å². The molecule has 0 saturated carbocycles. The van der Waals surface area contributed by atoms with E-state index in [1.807, 2.05) is 61.5 Å². The second kappa shape index (κ2) is 13.6. The summed E-state index contributed by atoms with van der Waals surface area (Å²) in [5.74, 6) is -0.346. The van der Waals surface area contributed by atoms with E-state index in [4.69, 9.17) is 18.9 Å². The summed E-state index contributed by atoms with van der Waals surface area (Å²) in [6.07, 6.45) is -0.238. The van der Waals surface area contributed by atoms with E-state index in [-0.39, 0.29) is 24.5 Å². The number of anilines is 1. The topological polar surface area (TPSA) is 112 Å². The van der Waals surface area contributed by atoms with Crippen LogP contribution in [-0.2, 0) is 14.2 Å². The third-order valence-corrected chi connectivity index (χ3v) is 10.6. The molecule has 9 rings (SSSR count). The Morgan fingerprint density at radius 3 is 1.53 bits per heavy atom. The van der Waals surface area contributed by atoms with Gasteiger partial charge in [0.1, 0.15) is 11.5 Å². The fourth-order valence-corrected chi connectivity index (χ4v) is 8.03. The second-order valence-corrected chi connectivity index (χ2v) is 14.0. The van der Waals surface area contributed by atoms with Gasteiger partial charge in [-0.15, -0.1) is 0 Å². The molecule has 0 radical (unpaired) electrons. The summed E-state index contributed by atoms with van der Waals surface area (Å²) in [5, 5.41) is 6.10. The van der Waals surface area contributed by atoms with Gasteiger partial charge in [-0.3, -0.25) is 24.1 Å². The van der Waals surface area contributed by atoms with Crippen LogP contribution in [0.2, 0.25) is 0 Å². The minimum absolute atomic E-state index is 0.157. The number of benzene rings is 7. The molecule has 10 nitrogen and oxygen atoms in total. The van der Waals surface area contributed by atoms with Crippen LogP contribution in [0.4, 0.5) is 5.69 Å². The molecule has 0 spiro atoms. The Bertz CT molecular complexity index is 2570. The first-order chi connectivity index (χ1) is 26.8. The number of hydrogen-bond donors (Lipinski definition) is 0. The Morgan fingerprint density at radius 1 is 0.527 bits per heavy atom. The van der Waals surface area contributed by atoms with Crippen molar-refractivity contribution in [2.75, 3.05) is 38.4 Å². The van der Waals surface area contributed by atoms with Gasteiger partial charge in [0, 0.05) is 40.1 Å². The average molecular weight is 733 g/mol. The maximum atomic E-state index is 14.2. The van der Waals surface area contributed by atoms with Crippen molar-refractivity contribution >= 4 is 72.4 Å². The highest BCUT2D eigenvalue weighted by molar-refractivity contribution is 6.43. The quantitative estimate of drug-likeness (QED) is 0.0533. The van der Waals surface area contributed by atoms with Crippen LogP contribution in [0.25, 0.3) is 43.1 Å². The Labute approximate surface area is 316 Å². The van der Waals surface area contributed by atoms with Crippen LogP contribution in [0.3, 0.4) is 0 Å². The number of para-hydroxylation sites is 1. The van der Waals surface area contributed by atoms with E-state index in [1.54, 1.807) is 62.6 Å². The molecule has 0 aromatic heterocycles. The zero-order valence-electron chi connectivity index (χ0n) is 30.5. The fourth-order valence-electron chi connectivity index (χ4n) is 8.03. The Morgan fingerprint density at radius 2 is 1.02 bits per heavy atom. The standard InChI is InChI=1S/C45H36N2O8/c1-25(23-54-26(2)24-53-22-21-52-3)46-42(48)34-17-13-30-32-15-19-36-41-37(20-16-33(39(32)41)31-14-18-35(43(46)49)40(34)38(30)31)45(51)47(44(36)50)27-9-11-29(12-10-27)55-28-7-5-4-6-8-28/h4-20,25-26H,21-24H2,1-3H3. The summed E-state index contributed by atoms with van der Waals surface area (Å²) in [5.41, 5.74) is 2.15. The summed E-state index contributed by atoms with van der Waals surface area (Å²) >= 11 is 0. The largest absolute Gasteiger partial charge is 0.457 e. The molecule has 10 heteroatoms. The van der Waals surface area contributed by atoms with E-state index in [1.165, 1.54) is 9.80 Å². The van der Waals surface area contributed by atoms with E-state index in [2.05, 4.69) is 0 Å². The van der Waals surface area contributed by atoms with Crippen LogP contribution in [-0.4, -0.2) is 74.2 Å². The minimum Gasteiger partial charge on any atom is -0.457 e. The van der Waals surface area contributed by atoms with Crippen LogP contribution < -0.4 is 9.64 Å². The summed E-state index contributed by atoms with van der Waals surface area (Å²) in [6.45, 7) is 5.14. The highest BCUT2D eigenvalue weighted by Gasteiger charge is 2.39. The lowest BCUT2D eigenvalue weighted by molar-refractivity contribution is -0.0312. The molecule has 2 heterocycles. The number of amides is 4. The third kappa shape index (κ3) is 5.52. The van der Waals surface area contributed by atoms with E-state index in [0.717, 1.165) is 32.3 Å². The first-order valence-electron chi connectivity index (χ1n) is 18.2. The van der Waals surface area contributed by atoms with Crippen LogP contribution in [0, 0.1) is 0 Å². The lowest BCUT2D eigenvalue weighted by Gasteiger charge is -2.33. The molecule has 4 amide bonds. The normalized spacial score (nSPS) is 15.3. The Hall–Kier alpha value is -6.20. The summed E-state index contributed by atoms with van der Waals surface area (Å²) in [6, 6.07) is 30.4. The van der Waals surface area contributed by atoms with E-state index < -0.39 is 17.9 Å². The van der Waals surface area contributed by atoms with Gasteiger partial charge >= 0.3 is 0 Å². The van der Waals surface area contributed by atoms with Gasteiger partial charge in [0.2, 0.25) is 0 Å². The van der Waals surface area contributed by atoms with Crippen molar-refractivity contribution in [3.8, 4) is 11.5 Å². The number of hydrogen-bond acceptors (Lipinski definition) is 8. The number of nitrogens with zero attached hydrogens (tertiary/aromatic N) is 2. The Balaban J connectivity index is 1.07. The molecule has 0 fully saturated rings. The summed E-state index contributed by atoms with van der Waals surface area (Å²) in [4.78, 5) is 59.0. The molecule has 2 unspecified atom stereocenters. The maximum Gasteiger partial charge on any atom is 0.265 e. The SMILES string of the molecule is COCCOCC(C)OCC(C)N1C(=O)c2ccc3c4ccc5c6c(ccc(c7ccc(c2c37)C1=O)c64)C(=O)N(c1ccc(Oc2ccccc2)cc1)C5=O. The van der Waals surface area contributed by atoms with E-state index in [0.29, 0.717) is 70.0 Å². The number of imide groups is 2. The zero-order chi connectivity index (χ0) is 38.0. The molecule has 0 N–H and O–H groups in total. The highest BCUT2D eigenvalue weighted by atomic mass is 16.5. The molecule has 2 aliphatic heterocycles. The average Bonchev–Trinajstić information content (AvgIpc) is 3.20. The number of fused-ring (bicyclic) bond motifs is 2. The number of rotatable bonds is 12. The third-order valence-electron chi connectivity index (χ3n) is 10.6. The van der Waals surface area contributed by atoms with Gasteiger partial charge in [-0.05, 0) is 107 Å². The molecule has 55 heavy (non-hydrogen) atoms. The summed E-state index contributed by atoms with van der Waals surface area (Å²) in [7, 11) is 1.61. The molecular weight excluding hydrogens is 697 g/mol. The molecule has 0 aliphatic carbocycles. The lowest BCUT2D eigenvalue weighted by atomic mass is 9.82. The molecular formula is C45H36N2O8. The number of methoxy groups -OCH3 is 1. The van der Waals surface area contributed by atoms with Gasteiger partial charge in [0.05, 0.1) is 44.3 Å². The molecule has 0 bridgehead atoms. The van der Waals surface area contributed by atoms with Gasteiger partial charge in [0.25, 0.3) is 23.6 Å². The van der Waals surface area contributed by atoms with Crippen molar-refractivity contribution in [1.29, 1.82) is 0 Å². The lowest BCUT2D eigenvalue weighted by Crippen LogP contribution is -2.48. The predicted octanol–water partition coefficient (Wildman–Crippen LogP) is 8.38. The number of carbonyl (C=O) groups excluding carboxylic acids is 4. The van der Waals surface area contributed by atoms with Crippen molar-refractivity contribution in [3.63, 3.8) is 0 Å². The van der Waals surface area contributed by atoms with Gasteiger partial charge < -0.3 is 18.9 Å².